The second-order valence-electron chi connectivity index (χ2n) is 8.35. The van der Waals surface area contributed by atoms with E-state index in [0.29, 0.717) is 28.1 Å². The number of nitrogens with zero attached hydrogens (tertiary/aromatic N) is 3. The van der Waals surface area contributed by atoms with Crippen molar-refractivity contribution in [3.63, 3.8) is 0 Å². The Balaban J connectivity index is 1.39. The molecule has 176 valence electrons. The number of hydrogen-bond donors (Lipinski definition) is 3. The number of benzene rings is 2. The summed E-state index contributed by atoms with van der Waals surface area (Å²) in [6, 6.07) is 15.2. The highest BCUT2D eigenvalue weighted by Gasteiger charge is 2.30. The van der Waals surface area contributed by atoms with Crippen molar-refractivity contribution in [1.82, 2.24) is 20.1 Å². The first-order valence-electron chi connectivity index (χ1n) is 11.2. The first-order chi connectivity index (χ1) is 17.0. The number of halogens is 1. The molecular formula is C26H22FN5O3. The van der Waals surface area contributed by atoms with Crippen molar-refractivity contribution in [2.45, 2.75) is 25.3 Å². The molecule has 35 heavy (non-hydrogen) atoms. The van der Waals surface area contributed by atoms with Gasteiger partial charge in [-0.05, 0) is 66.9 Å². The number of phenolic OH excluding ortho intramolecular Hbond substituents is 1. The van der Waals surface area contributed by atoms with Gasteiger partial charge in [-0.1, -0.05) is 12.1 Å². The highest BCUT2D eigenvalue weighted by Crippen LogP contribution is 2.42. The van der Waals surface area contributed by atoms with Crippen LogP contribution in [0.1, 0.15) is 40.4 Å². The molecule has 1 aliphatic rings. The van der Waals surface area contributed by atoms with Gasteiger partial charge in [0.1, 0.15) is 11.6 Å². The van der Waals surface area contributed by atoms with Gasteiger partial charge in [-0.15, -0.1) is 0 Å². The molecule has 4 aromatic rings. The Kier molecular flexibility index (Phi) is 5.97. The number of hydrogen-bond acceptors (Lipinski definition) is 5. The lowest BCUT2D eigenvalue weighted by Gasteiger charge is -2.09. The molecule has 9 heteroatoms. The molecule has 2 amide bonds. The zero-order valence-electron chi connectivity index (χ0n) is 18.6. The minimum atomic E-state index is -0.441. The molecule has 2 aromatic heterocycles. The van der Waals surface area contributed by atoms with Crippen molar-refractivity contribution in [3.05, 3.63) is 95.7 Å². The van der Waals surface area contributed by atoms with E-state index in [-0.39, 0.29) is 29.9 Å². The van der Waals surface area contributed by atoms with Crippen molar-refractivity contribution in [2.75, 3.05) is 5.32 Å². The van der Waals surface area contributed by atoms with Gasteiger partial charge in [0.05, 0.1) is 11.4 Å². The van der Waals surface area contributed by atoms with Crippen molar-refractivity contribution < 1.29 is 19.1 Å². The number of aromatic nitrogens is 3. The fourth-order valence-electron chi connectivity index (χ4n) is 3.78. The van der Waals surface area contributed by atoms with Crippen LogP contribution >= 0.6 is 0 Å². The molecule has 1 aliphatic carbocycles. The summed E-state index contributed by atoms with van der Waals surface area (Å²) in [4.78, 5) is 29.3. The zero-order valence-corrected chi connectivity index (χ0v) is 18.6. The number of amides is 2. The summed E-state index contributed by atoms with van der Waals surface area (Å²) in [5, 5.41) is 20.5. The van der Waals surface area contributed by atoms with E-state index in [9.17, 15) is 19.1 Å². The molecule has 1 saturated carbocycles. The van der Waals surface area contributed by atoms with Gasteiger partial charge in [-0.3, -0.25) is 9.78 Å². The van der Waals surface area contributed by atoms with E-state index in [2.05, 4.69) is 20.7 Å². The molecule has 8 nitrogen and oxygen atoms in total. The Hall–Kier alpha value is -4.53. The molecular weight excluding hydrogens is 449 g/mol. The number of rotatable bonds is 6. The van der Waals surface area contributed by atoms with Gasteiger partial charge >= 0.3 is 6.03 Å². The van der Waals surface area contributed by atoms with Gasteiger partial charge in [0.15, 0.2) is 0 Å². The lowest BCUT2D eigenvalue weighted by molar-refractivity contribution is 0.102. The summed E-state index contributed by atoms with van der Waals surface area (Å²) < 4.78 is 14.7. The van der Waals surface area contributed by atoms with Crippen LogP contribution in [-0.4, -0.2) is 31.8 Å². The van der Waals surface area contributed by atoms with Crippen molar-refractivity contribution >= 4 is 17.6 Å². The van der Waals surface area contributed by atoms with Gasteiger partial charge in [-0.25, -0.2) is 9.18 Å². The molecule has 2 aromatic carbocycles. The largest absolute Gasteiger partial charge is 0.507 e. The van der Waals surface area contributed by atoms with E-state index in [4.69, 9.17) is 0 Å². The predicted molar refractivity (Wildman–Crippen MR) is 128 cm³/mol. The first-order valence-corrected chi connectivity index (χ1v) is 11.2. The lowest BCUT2D eigenvalue weighted by Crippen LogP contribution is -2.30. The maximum atomic E-state index is 13.4. The number of nitrogens with one attached hydrogen (secondary N) is 2. The topological polar surface area (TPSA) is 109 Å². The van der Waals surface area contributed by atoms with E-state index in [0.717, 1.165) is 18.5 Å². The fraction of sp³-hybridized carbons (Fsp3) is 0.154. The predicted octanol–water partition coefficient (Wildman–Crippen LogP) is 4.68. The van der Waals surface area contributed by atoms with Gasteiger partial charge in [0.25, 0.3) is 5.91 Å². The van der Waals surface area contributed by atoms with Crippen LogP contribution in [0.15, 0.2) is 73.1 Å². The lowest BCUT2D eigenvalue weighted by atomic mass is 10.1. The first kappa shape index (κ1) is 22.3. The number of phenols is 1. The summed E-state index contributed by atoms with van der Waals surface area (Å²) >= 11 is 0. The second-order valence-corrected chi connectivity index (χ2v) is 8.35. The van der Waals surface area contributed by atoms with Gasteiger partial charge in [-0.2, -0.15) is 9.78 Å². The molecule has 0 spiro atoms. The van der Waals surface area contributed by atoms with E-state index >= 15 is 0 Å². The van der Waals surface area contributed by atoms with Crippen LogP contribution in [0.5, 0.6) is 5.75 Å². The molecule has 3 N–H and O–H groups in total. The summed E-state index contributed by atoms with van der Waals surface area (Å²) in [6.07, 6.45) is 4.94. The third kappa shape index (κ3) is 5.03. The molecule has 5 rings (SSSR count). The van der Waals surface area contributed by atoms with Crippen LogP contribution in [0.2, 0.25) is 0 Å². The summed E-state index contributed by atoms with van der Waals surface area (Å²) in [6.45, 7) is 0.150. The summed E-state index contributed by atoms with van der Waals surface area (Å²) in [7, 11) is 0. The van der Waals surface area contributed by atoms with E-state index in [1.54, 1.807) is 42.5 Å². The molecule has 2 heterocycles. The van der Waals surface area contributed by atoms with Crippen LogP contribution in [0.3, 0.4) is 0 Å². The number of carbonyl (C=O) groups excluding carboxylic acids is 2. The highest BCUT2D eigenvalue weighted by atomic mass is 19.1. The second kappa shape index (κ2) is 9.38. The Morgan fingerprint density at radius 2 is 1.86 bits per heavy atom. The van der Waals surface area contributed by atoms with Crippen LogP contribution in [-0.2, 0) is 6.54 Å². The van der Waals surface area contributed by atoms with Crippen LogP contribution in [0.4, 0.5) is 14.9 Å². The maximum Gasteiger partial charge on any atom is 0.342 e. The minimum Gasteiger partial charge on any atom is -0.507 e. The molecule has 0 saturated heterocycles. The van der Waals surface area contributed by atoms with E-state index in [1.807, 2.05) is 0 Å². The van der Waals surface area contributed by atoms with Crippen molar-refractivity contribution in [2.24, 2.45) is 0 Å². The molecule has 0 bridgehead atoms. The number of aromatic hydroxyl groups is 1. The van der Waals surface area contributed by atoms with Crippen LogP contribution in [0, 0.1) is 5.82 Å². The van der Waals surface area contributed by atoms with Gasteiger partial charge < -0.3 is 15.7 Å². The molecule has 0 aliphatic heterocycles. The average molecular weight is 471 g/mol. The Morgan fingerprint density at radius 1 is 1.06 bits per heavy atom. The molecule has 0 atom stereocenters. The number of carbonyl (C=O) groups is 2. The Morgan fingerprint density at radius 3 is 2.60 bits per heavy atom. The monoisotopic (exact) mass is 471 g/mol. The zero-order chi connectivity index (χ0) is 24.4. The quantitative estimate of drug-likeness (QED) is 0.354. The average Bonchev–Trinajstić information content (AvgIpc) is 3.62. The Bertz CT molecular complexity index is 1400. The Labute approximate surface area is 200 Å². The van der Waals surface area contributed by atoms with Crippen molar-refractivity contribution in [1.29, 1.82) is 0 Å². The fourth-order valence-corrected chi connectivity index (χ4v) is 3.78. The van der Waals surface area contributed by atoms with Gasteiger partial charge in [0.2, 0.25) is 0 Å². The maximum absolute atomic E-state index is 13.4. The van der Waals surface area contributed by atoms with E-state index in [1.165, 1.54) is 35.3 Å². The number of pyridine rings is 1. The summed E-state index contributed by atoms with van der Waals surface area (Å²) in [5.74, 6) is -0.514. The number of anilines is 1. The molecule has 0 radical (unpaired) electrons. The van der Waals surface area contributed by atoms with E-state index < -0.39 is 6.03 Å². The van der Waals surface area contributed by atoms with Crippen molar-refractivity contribution in [3.8, 4) is 17.0 Å². The summed E-state index contributed by atoms with van der Waals surface area (Å²) in [5.41, 5.74) is 3.08. The van der Waals surface area contributed by atoms with Gasteiger partial charge in [0, 0.05) is 41.7 Å². The smallest absolute Gasteiger partial charge is 0.342 e. The van der Waals surface area contributed by atoms with Crippen LogP contribution < -0.4 is 10.6 Å². The minimum absolute atomic E-state index is 0.0286. The molecule has 1 fully saturated rings. The van der Waals surface area contributed by atoms with Crippen LogP contribution in [0.25, 0.3) is 11.3 Å². The SMILES string of the molecule is O=C(Nc1ccc(O)c(-c2cc(C3CC3)n(C(=O)NCc3cccc(F)c3)n2)c1)c1ccncc1. The normalized spacial score (nSPS) is 12.8. The standard InChI is InChI=1S/C26H22FN5O3/c27-19-3-1-2-16(12-19)15-29-26(35)32-23(17-4-5-17)14-22(31-32)21-13-20(6-7-24(21)33)30-25(34)18-8-10-28-11-9-18/h1-3,6-14,17,33H,4-5,15H2,(H,29,35)(H,30,34). The highest BCUT2D eigenvalue weighted by molar-refractivity contribution is 6.04. The third-order valence-corrected chi connectivity index (χ3v) is 5.73. The molecule has 0 unspecified atom stereocenters. The third-order valence-electron chi connectivity index (χ3n) is 5.73.